The fourth-order valence-electron chi connectivity index (χ4n) is 2.12. The van der Waals surface area contributed by atoms with Crippen molar-refractivity contribution < 1.29 is 14.2 Å². The van der Waals surface area contributed by atoms with E-state index >= 15 is 0 Å². The minimum atomic E-state index is -0.856. The minimum absolute atomic E-state index is 0.0305. The summed E-state index contributed by atoms with van der Waals surface area (Å²) in [6.07, 6.45) is -0.856. The number of halogens is 1. The Morgan fingerprint density at radius 1 is 1.24 bits per heavy atom. The Labute approximate surface area is 142 Å². The number of nitriles is 1. The molecule has 0 aliphatic carbocycles. The lowest BCUT2D eigenvalue weighted by molar-refractivity contribution is 0.0850. The van der Waals surface area contributed by atoms with E-state index in [1.165, 1.54) is 16.9 Å². The zero-order valence-electron chi connectivity index (χ0n) is 13.1. The molecule has 1 aromatic heterocycles. The van der Waals surface area contributed by atoms with Gasteiger partial charge in [0, 0.05) is 5.56 Å². The Morgan fingerprint density at radius 2 is 2.04 bits per heavy atom. The van der Waals surface area contributed by atoms with E-state index in [0.29, 0.717) is 16.9 Å². The Morgan fingerprint density at radius 3 is 2.76 bits per heavy atom. The maximum Gasteiger partial charge on any atom is 0.205 e. The molecule has 1 heterocycles. The smallest absolute Gasteiger partial charge is 0.205 e. The molecule has 0 amide bonds. The van der Waals surface area contributed by atoms with Gasteiger partial charge in [-0.1, -0.05) is 12.1 Å². The highest BCUT2D eigenvalue weighted by atomic mass is 19.1. The summed E-state index contributed by atoms with van der Waals surface area (Å²) in [4.78, 5) is 1.23. The number of aliphatic hydroxyl groups excluding tert-OH is 1. The monoisotopic (exact) mass is 339 g/mol. The summed E-state index contributed by atoms with van der Waals surface area (Å²) in [5.41, 5.74) is 1.04. The SMILES string of the molecule is N#Cc1ccc(OC[C@H](O)Cn2nnc(-c3cccc(F)c3)n2)cc1. The molecule has 0 saturated heterocycles. The van der Waals surface area contributed by atoms with Gasteiger partial charge in [0.2, 0.25) is 5.82 Å². The van der Waals surface area contributed by atoms with Gasteiger partial charge in [0.25, 0.3) is 0 Å². The number of tetrazole rings is 1. The first kappa shape index (κ1) is 16.5. The molecule has 0 radical (unpaired) electrons. The molecule has 0 bridgehead atoms. The van der Waals surface area contributed by atoms with Gasteiger partial charge in [-0.3, -0.25) is 0 Å². The van der Waals surface area contributed by atoms with Gasteiger partial charge in [0.05, 0.1) is 18.2 Å². The number of rotatable bonds is 6. The van der Waals surface area contributed by atoms with Gasteiger partial charge in [0.15, 0.2) is 0 Å². The Hall–Kier alpha value is -3.31. The van der Waals surface area contributed by atoms with Crippen LogP contribution in [-0.2, 0) is 6.54 Å². The van der Waals surface area contributed by atoms with Crippen LogP contribution in [0.25, 0.3) is 11.4 Å². The first-order chi connectivity index (χ1) is 12.1. The van der Waals surface area contributed by atoms with Crippen molar-refractivity contribution in [3.8, 4) is 23.2 Å². The summed E-state index contributed by atoms with van der Waals surface area (Å²) in [5, 5.41) is 30.6. The van der Waals surface area contributed by atoms with E-state index < -0.39 is 6.10 Å². The van der Waals surface area contributed by atoms with Crippen LogP contribution in [0.2, 0.25) is 0 Å². The fraction of sp³-hybridized carbons (Fsp3) is 0.176. The second-order valence-electron chi connectivity index (χ2n) is 5.28. The van der Waals surface area contributed by atoms with Crippen LogP contribution in [-0.4, -0.2) is 38.0 Å². The van der Waals surface area contributed by atoms with Crippen LogP contribution in [0.15, 0.2) is 48.5 Å². The molecule has 8 heteroatoms. The largest absolute Gasteiger partial charge is 0.491 e. The van der Waals surface area contributed by atoms with E-state index in [1.807, 2.05) is 6.07 Å². The Kier molecular flexibility index (Phi) is 4.97. The van der Waals surface area contributed by atoms with Crippen LogP contribution < -0.4 is 4.74 Å². The van der Waals surface area contributed by atoms with Crippen LogP contribution >= 0.6 is 0 Å². The molecular formula is C17H14FN5O2. The molecule has 0 saturated carbocycles. The van der Waals surface area contributed by atoms with Gasteiger partial charge in [-0.15, -0.1) is 10.2 Å². The van der Waals surface area contributed by atoms with E-state index in [2.05, 4.69) is 15.4 Å². The molecule has 1 N–H and O–H groups in total. The standard InChI is InChI=1S/C17H14FN5O2/c18-14-3-1-2-13(8-14)17-20-22-23(21-17)10-15(24)11-25-16-6-4-12(9-19)5-7-16/h1-8,15,24H,10-11H2/t15-/m1/s1. The van der Waals surface area contributed by atoms with E-state index in [9.17, 15) is 9.50 Å². The van der Waals surface area contributed by atoms with E-state index in [4.69, 9.17) is 10.00 Å². The first-order valence-corrected chi connectivity index (χ1v) is 7.49. The number of ether oxygens (including phenoxy) is 1. The third-order valence-corrected chi connectivity index (χ3v) is 3.34. The summed E-state index contributed by atoms with van der Waals surface area (Å²) < 4.78 is 18.7. The number of aliphatic hydroxyl groups is 1. The summed E-state index contributed by atoms with van der Waals surface area (Å²) in [6.45, 7) is 0.112. The van der Waals surface area contributed by atoms with Crippen molar-refractivity contribution in [1.82, 2.24) is 20.2 Å². The average Bonchev–Trinajstić information content (AvgIpc) is 3.09. The Bertz CT molecular complexity index is 889. The Balaban J connectivity index is 1.56. The van der Waals surface area contributed by atoms with Crippen molar-refractivity contribution in [1.29, 1.82) is 5.26 Å². The van der Waals surface area contributed by atoms with Gasteiger partial charge in [-0.2, -0.15) is 10.1 Å². The lowest BCUT2D eigenvalue weighted by Gasteiger charge is -2.11. The average molecular weight is 339 g/mol. The number of aromatic nitrogens is 4. The van der Waals surface area contributed by atoms with Crippen LogP contribution in [0.3, 0.4) is 0 Å². The van der Waals surface area contributed by atoms with Crippen LogP contribution in [0.5, 0.6) is 5.75 Å². The predicted molar refractivity (Wildman–Crippen MR) is 85.9 cm³/mol. The van der Waals surface area contributed by atoms with Crippen molar-refractivity contribution in [2.45, 2.75) is 12.6 Å². The zero-order chi connectivity index (χ0) is 17.6. The van der Waals surface area contributed by atoms with Gasteiger partial charge in [-0.25, -0.2) is 4.39 Å². The molecule has 25 heavy (non-hydrogen) atoms. The van der Waals surface area contributed by atoms with Gasteiger partial charge < -0.3 is 9.84 Å². The number of hydrogen-bond donors (Lipinski definition) is 1. The summed E-state index contributed by atoms with van der Waals surface area (Å²) in [7, 11) is 0. The van der Waals surface area contributed by atoms with Crippen molar-refractivity contribution in [2.75, 3.05) is 6.61 Å². The summed E-state index contributed by atoms with van der Waals surface area (Å²) in [5.74, 6) is 0.439. The highest BCUT2D eigenvalue weighted by molar-refractivity contribution is 5.53. The molecule has 126 valence electrons. The number of hydrogen-bond acceptors (Lipinski definition) is 6. The van der Waals surface area contributed by atoms with E-state index in [1.54, 1.807) is 36.4 Å². The third-order valence-electron chi connectivity index (χ3n) is 3.34. The van der Waals surface area contributed by atoms with E-state index in [0.717, 1.165) is 0 Å². The molecular weight excluding hydrogens is 325 g/mol. The van der Waals surface area contributed by atoms with Crippen molar-refractivity contribution >= 4 is 0 Å². The second kappa shape index (κ2) is 7.51. The van der Waals surface area contributed by atoms with E-state index in [-0.39, 0.29) is 24.8 Å². The molecule has 0 fully saturated rings. The number of benzene rings is 2. The molecule has 1 atom stereocenters. The maximum atomic E-state index is 13.2. The van der Waals surface area contributed by atoms with Crippen molar-refractivity contribution in [3.63, 3.8) is 0 Å². The molecule has 2 aromatic carbocycles. The fourth-order valence-corrected chi connectivity index (χ4v) is 2.12. The van der Waals surface area contributed by atoms with Crippen LogP contribution in [0, 0.1) is 17.1 Å². The molecule has 7 nitrogen and oxygen atoms in total. The summed E-state index contributed by atoms with van der Waals surface area (Å²) >= 11 is 0. The van der Waals surface area contributed by atoms with Crippen LogP contribution in [0.4, 0.5) is 4.39 Å². The van der Waals surface area contributed by atoms with Gasteiger partial charge in [-0.05, 0) is 41.6 Å². The lowest BCUT2D eigenvalue weighted by atomic mass is 10.2. The minimum Gasteiger partial charge on any atom is -0.491 e. The molecule has 0 spiro atoms. The van der Waals surface area contributed by atoms with Gasteiger partial charge in [0.1, 0.15) is 24.3 Å². The summed E-state index contributed by atoms with van der Waals surface area (Å²) in [6, 6.07) is 14.5. The first-order valence-electron chi connectivity index (χ1n) is 7.49. The van der Waals surface area contributed by atoms with Crippen LogP contribution in [0.1, 0.15) is 5.56 Å². The van der Waals surface area contributed by atoms with Crippen molar-refractivity contribution in [3.05, 3.63) is 59.9 Å². The quantitative estimate of drug-likeness (QED) is 0.735. The molecule has 0 unspecified atom stereocenters. The lowest BCUT2D eigenvalue weighted by Crippen LogP contribution is -2.24. The van der Waals surface area contributed by atoms with Gasteiger partial charge >= 0.3 is 0 Å². The molecule has 3 aromatic rings. The molecule has 3 rings (SSSR count). The third kappa shape index (κ3) is 4.37. The highest BCUT2D eigenvalue weighted by Gasteiger charge is 2.11. The normalized spacial score (nSPS) is 11.7. The molecule has 0 aliphatic rings. The second-order valence-corrected chi connectivity index (χ2v) is 5.28. The maximum absolute atomic E-state index is 13.2. The molecule has 0 aliphatic heterocycles. The zero-order valence-corrected chi connectivity index (χ0v) is 13.1. The van der Waals surface area contributed by atoms with Crippen molar-refractivity contribution in [2.24, 2.45) is 0 Å². The topological polar surface area (TPSA) is 96.8 Å². The highest BCUT2D eigenvalue weighted by Crippen LogP contribution is 2.15. The number of nitrogens with zero attached hydrogens (tertiary/aromatic N) is 5. The predicted octanol–water partition coefficient (Wildman–Crippen LogP) is 1.79.